The molecule has 0 aliphatic carbocycles. The van der Waals surface area contributed by atoms with Gasteiger partial charge in [0.1, 0.15) is 14.4 Å². The molecule has 0 atom stereocenters. The van der Waals surface area contributed by atoms with Crippen molar-refractivity contribution < 1.29 is 0 Å². The second-order valence-electron chi connectivity index (χ2n) is 1.90. The molecular weight excluding hydrogens is 278 g/mol. The number of halogens is 2. The Morgan fingerprint density at radius 2 is 2.36 bits per heavy atom. The quantitative estimate of drug-likeness (QED) is 0.746. The van der Waals surface area contributed by atoms with Gasteiger partial charge in [-0.1, -0.05) is 11.6 Å². The zero-order chi connectivity index (χ0) is 7.84. The van der Waals surface area contributed by atoms with Crippen molar-refractivity contribution in [3.05, 3.63) is 15.1 Å². The van der Waals surface area contributed by atoms with E-state index in [-0.39, 0.29) is 0 Å². The predicted octanol–water partition coefficient (Wildman–Crippen LogP) is 1.61. The van der Waals surface area contributed by atoms with Gasteiger partial charge in [0, 0.05) is 0 Å². The zero-order valence-corrected chi connectivity index (χ0v) is 8.09. The topological polar surface area (TPSA) is 54.5 Å². The van der Waals surface area contributed by atoms with Crippen LogP contribution in [0.15, 0.2) is 6.20 Å². The Balaban J connectivity index is 2.87. The molecule has 0 amide bonds. The normalized spacial score (nSPS) is 10.7. The maximum absolute atomic E-state index is 5.63. The van der Waals surface area contributed by atoms with Crippen LogP contribution in [-0.2, 0) is 0 Å². The van der Waals surface area contributed by atoms with E-state index in [0.29, 0.717) is 10.8 Å². The SMILES string of the molecule is Clc1cnc2n[nH]c(I)c2n1. The summed E-state index contributed by atoms with van der Waals surface area (Å²) in [5.74, 6) is 0. The highest BCUT2D eigenvalue weighted by Crippen LogP contribution is 2.14. The van der Waals surface area contributed by atoms with Crippen molar-refractivity contribution in [1.29, 1.82) is 0 Å². The lowest BCUT2D eigenvalue weighted by molar-refractivity contribution is 1.08. The average molecular weight is 280 g/mol. The summed E-state index contributed by atoms with van der Waals surface area (Å²) in [5, 5.41) is 7.04. The summed E-state index contributed by atoms with van der Waals surface area (Å²) in [6.45, 7) is 0. The number of H-pyrrole nitrogens is 1. The molecule has 0 saturated carbocycles. The van der Waals surface area contributed by atoms with Crippen LogP contribution in [0.4, 0.5) is 0 Å². The molecule has 6 heteroatoms. The zero-order valence-electron chi connectivity index (χ0n) is 5.17. The number of hydrogen-bond donors (Lipinski definition) is 1. The van der Waals surface area contributed by atoms with E-state index in [9.17, 15) is 0 Å². The largest absolute Gasteiger partial charge is 0.268 e. The first-order valence-corrected chi connectivity index (χ1v) is 4.25. The number of nitrogens with one attached hydrogen (secondary N) is 1. The third-order valence-corrected chi connectivity index (χ3v) is 2.13. The minimum absolute atomic E-state index is 0.386. The number of fused-ring (bicyclic) bond motifs is 1. The summed E-state index contributed by atoms with van der Waals surface area (Å²) in [5.41, 5.74) is 1.32. The molecule has 0 radical (unpaired) electrons. The molecule has 4 nitrogen and oxygen atoms in total. The molecule has 0 fully saturated rings. The van der Waals surface area contributed by atoms with Gasteiger partial charge >= 0.3 is 0 Å². The fourth-order valence-electron chi connectivity index (χ4n) is 0.745. The molecule has 2 rings (SSSR count). The van der Waals surface area contributed by atoms with Crippen LogP contribution in [0, 0.1) is 3.70 Å². The molecule has 11 heavy (non-hydrogen) atoms. The van der Waals surface area contributed by atoms with Gasteiger partial charge < -0.3 is 0 Å². The average Bonchev–Trinajstić information content (AvgIpc) is 2.33. The van der Waals surface area contributed by atoms with Gasteiger partial charge in [0.2, 0.25) is 5.65 Å². The van der Waals surface area contributed by atoms with E-state index in [2.05, 4.69) is 42.8 Å². The molecule has 56 valence electrons. The predicted molar refractivity (Wildman–Crippen MR) is 49.4 cm³/mol. The summed E-state index contributed by atoms with van der Waals surface area (Å²) < 4.78 is 0.854. The van der Waals surface area contributed by atoms with E-state index in [1.54, 1.807) is 0 Å². The number of nitrogens with zero attached hydrogens (tertiary/aromatic N) is 3. The van der Waals surface area contributed by atoms with Crippen molar-refractivity contribution in [1.82, 2.24) is 20.2 Å². The smallest absolute Gasteiger partial charge is 0.200 e. The van der Waals surface area contributed by atoms with Crippen LogP contribution >= 0.6 is 34.2 Å². The monoisotopic (exact) mass is 280 g/mol. The third-order valence-electron chi connectivity index (χ3n) is 1.19. The Morgan fingerprint density at radius 3 is 3.18 bits per heavy atom. The molecule has 0 unspecified atom stereocenters. The maximum atomic E-state index is 5.63. The van der Waals surface area contributed by atoms with Crippen LogP contribution in [0.25, 0.3) is 11.2 Å². The summed E-state index contributed by atoms with van der Waals surface area (Å²) in [4.78, 5) is 8.00. The van der Waals surface area contributed by atoms with Crippen LogP contribution in [0.1, 0.15) is 0 Å². The van der Waals surface area contributed by atoms with Crippen molar-refractivity contribution in [2.24, 2.45) is 0 Å². The molecule has 2 aromatic heterocycles. The van der Waals surface area contributed by atoms with E-state index >= 15 is 0 Å². The number of aromatic nitrogens is 4. The second kappa shape index (κ2) is 2.56. The van der Waals surface area contributed by atoms with Crippen LogP contribution in [0.3, 0.4) is 0 Å². The fourth-order valence-corrected chi connectivity index (χ4v) is 1.36. The summed E-state index contributed by atoms with van der Waals surface area (Å²) in [6, 6.07) is 0. The first-order chi connectivity index (χ1) is 5.27. The number of rotatable bonds is 0. The van der Waals surface area contributed by atoms with Gasteiger partial charge in [-0.15, -0.1) is 0 Å². The van der Waals surface area contributed by atoms with Gasteiger partial charge in [0.15, 0.2) is 0 Å². The van der Waals surface area contributed by atoms with E-state index in [1.807, 2.05) is 0 Å². The third kappa shape index (κ3) is 1.18. The van der Waals surface area contributed by atoms with Crippen molar-refractivity contribution in [3.8, 4) is 0 Å². The van der Waals surface area contributed by atoms with Gasteiger partial charge in [0.05, 0.1) is 6.20 Å². The lowest BCUT2D eigenvalue weighted by atomic mass is 10.6. The first-order valence-electron chi connectivity index (χ1n) is 2.79. The molecule has 0 bridgehead atoms. The van der Waals surface area contributed by atoms with Crippen LogP contribution < -0.4 is 0 Å². The van der Waals surface area contributed by atoms with Crippen LogP contribution in [0.5, 0.6) is 0 Å². The van der Waals surface area contributed by atoms with E-state index in [1.165, 1.54) is 6.20 Å². The standard InChI is InChI=1S/C5H2ClIN4/c6-2-1-8-5-3(9-2)4(7)10-11-5/h1H,(H,8,10,11). The van der Waals surface area contributed by atoms with Crippen molar-refractivity contribution in [2.75, 3.05) is 0 Å². The summed E-state index contributed by atoms with van der Waals surface area (Å²) in [7, 11) is 0. The molecule has 0 spiro atoms. The Kier molecular flexibility index (Phi) is 1.68. The Bertz CT molecular complexity index is 398. The summed E-state index contributed by atoms with van der Waals surface area (Å²) in [6.07, 6.45) is 1.47. The minimum Gasteiger partial charge on any atom is -0.268 e. The molecule has 2 heterocycles. The Morgan fingerprint density at radius 1 is 1.55 bits per heavy atom. The van der Waals surface area contributed by atoms with E-state index < -0.39 is 0 Å². The van der Waals surface area contributed by atoms with Crippen molar-refractivity contribution >= 4 is 45.4 Å². The lowest BCUT2D eigenvalue weighted by Crippen LogP contribution is -1.81. The Hall–Kier alpha value is -0.430. The number of aromatic amines is 1. The van der Waals surface area contributed by atoms with Gasteiger partial charge in [-0.25, -0.2) is 9.97 Å². The van der Waals surface area contributed by atoms with E-state index in [4.69, 9.17) is 11.6 Å². The molecule has 2 aromatic rings. The molecule has 0 saturated heterocycles. The molecule has 0 aliphatic heterocycles. The fraction of sp³-hybridized carbons (Fsp3) is 0. The highest BCUT2D eigenvalue weighted by Gasteiger charge is 2.04. The second-order valence-corrected chi connectivity index (χ2v) is 3.37. The molecule has 1 N–H and O–H groups in total. The van der Waals surface area contributed by atoms with Crippen LogP contribution in [0.2, 0.25) is 5.15 Å². The van der Waals surface area contributed by atoms with Crippen LogP contribution in [-0.4, -0.2) is 20.2 Å². The lowest BCUT2D eigenvalue weighted by Gasteiger charge is -1.87. The van der Waals surface area contributed by atoms with Gasteiger partial charge in [-0.2, -0.15) is 5.10 Å². The molecule has 0 aliphatic rings. The summed E-state index contributed by atoms with van der Waals surface area (Å²) >= 11 is 7.72. The molecular formula is C5H2ClIN4. The number of hydrogen-bond acceptors (Lipinski definition) is 3. The molecule has 0 aromatic carbocycles. The first kappa shape index (κ1) is 7.23. The maximum Gasteiger partial charge on any atom is 0.200 e. The van der Waals surface area contributed by atoms with Gasteiger partial charge in [-0.05, 0) is 22.6 Å². The Labute approximate surface area is 80.5 Å². The van der Waals surface area contributed by atoms with Gasteiger partial charge in [0.25, 0.3) is 0 Å². The van der Waals surface area contributed by atoms with E-state index in [0.717, 1.165) is 9.22 Å². The van der Waals surface area contributed by atoms with Crippen molar-refractivity contribution in [2.45, 2.75) is 0 Å². The van der Waals surface area contributed by atoms with Gasteiger partial charge in [-0.3, -0.25) is 5.10 Å². The minimum atomic E-state index is 0.386. The van der Waals surface area contributed by atoms with Crippen molar-refractivity contribution in [3.63, 3.8) is 0 Å². The highest BCUT2D eigenvalue weighted by molar-refractivity contribution is 14.1. The highest BCUT2D eigenvalue weighted by atomic mass is 127.